The predicted molar refractivity (Wildman–Crippen MR) is 59.4 cm³/mol. The molecule has 0 unspecified atom stereocenters. The van der Waals surface area contributed by atoms with Gasteiger partial charge < -0.3 is 5.32 Å². The number of carbonyl (C=O) groups excluding carboxylic acids is 1. The predicted octanol–water partition coefficient (Wildman–Crippen LogP) is 2.26. The van der Waals surface area contributed by atoms with Gasteiger partial charge in [0.1, 0.15) is 5.82 Å². The largest absolute Gasteiger partial charge is 0.319 e. The molecule has 2 nitrogen and oxygen atoms in total. The second-order valence-electron chi connectivity index (χ2n) is 3.19. The van der Waals surface area contributed by atoms with Crippen molar-refractivity contribution in [1.29, 1.82) is 0 Å². The maximum absolute atomic E-state index is 12.8. The maximum atomic E-state index is 12.8. The zero-order valence-corrected chi connectivity index (χ0v) is 8.66. The van der Waals surface area contributed by atoms with Crippen molar-refractivity contribution in [2.75, 3.05) is 13.6 Å². The summed E-state index contributed by atoms with van der Waals surface area (Å²) in [5.74, 6) is -0.385. The van der Waals surface area contributed by atoms with Gasteiger partial charge in [-0.1, -0.05) is 18.2 Å². The number of rotatable bonds is 5. The molecule has 0 amide bonds. The van der Waals surface area contributed by atoms with Crippen LogP contribution >= 0.6 is 0 Å². The van der Waals surface area contributed by atoms with E-state index in [4.69, 9.17) is 0 Å². The van der Waals surface area contributed by atoms with Gasteiger partial charge in [-0.3, -0.25) is 4.79 Å². The summed E-state index contributed by atoms with van der Waals surface area (Å²) in [5.41, 5.74) is 1.14. The fourth-order valence-corrected chi connectivity index (χ4v) is 1.24. The Kier molecular flexibility index (Phi) is 4.71. The molecular weight excluding hydrogens is 193 g/mol. The Morgan fingerprint density at radius 3 is 2.87 bits per heavy atom. The van der Waals surface area contributed by atoms with Crippen molar-refractivity contribution in [3.63, 3.8) is 0 Å². The SMILES string of the molecule is CNCCC=Cc1ccc(F)cc1C=O. The van der Waals surface area contributed by atoms with Gasteiger partial charge in [-0.25, -0.2) is 4.39 Å². The number of halogens is 1. The molecule has 0 fully saturated rings. The van der Waals surface area contributed by atoms with Gasteiger partial charge in [0.2, 0.25) is 0 Å². The molecule has 0 bridgehead atoms. The Morgan fingerprint density at radius 2 is 2.20 bits per heavy atom. The molecule has 0 heterocycles. The minimum Gasteiger partial charge on any atom is -0.319 e. The summed E-state index contributed by atoms with van der Waals surface area (Å²) in [6, 6.07) is 4.20. The maximum Gasteiger partial charge on any atom is 0.150 e. The molecule has 1 rings (SSSR count). The van der Waals surface area contributed by atoms with Crippen molar-refractivity contribution >= 4 is 12.4 Å². The zero-order chi connectivity index (χ0) is 11.1. The van der Waals surface area contributed by atoms with Gasteiger partial charge in [0.15, 0.2) is 6.29 Å². The van der Waals surface area contributed by atoms with E-state index >= 15 is 0 Å². The highest BCUT2D eigenvalue weighted by Gasteiger charge is 1.99. The fraction of sp³-hybridized carbons (Fsp3) is 0.250. The first-order chi connectivity index (χ1) is 7.27. The van der Waals surface area contributed by atoms with Crippen LogP contribution in [-0.4, -0.2) is 19.9 Å². The van der Waals surface area contributed by atoms with E-state index in [-0.39, 0.29) is 5.82 Å². The summed E-state index contributed by atoms with van der Waals surface area (Å²) in [4.78, 5) is 10.7. The Balaban J connectivity index is 2.75. The molecule has 1 N–H and O–H groups in total. The van der Waals surface area contributed by atoms with Crippen molar-refractivity contribution in [3.8, 4) is 0 Å². The number of hydrogen-bond acceptors (Lipinski definition) is 2. The molecule has 1 aromatic rings. The van der Waals surface area contributed by atoms with Crippen LogP contribution in [0.15, 0.2) is 24.3 Å². The molecule has 0 radical (unpaired) electrons. The van der Waals surface area contributed by atoms with Gasteiger partial charge in [0.25, 0.3) is 0 Å². The smallest absolute Gasteiger partial charge is 0.150 e. The first-order valence-electron chi connectivity index (χ1n) is 4.84. The standard InChI is InChI=1S/C12H14FNO/c1-14-7-3-2-4-10-5-6-12(13)8-11(10)9-15/h2,4-6,8-9,14H,3,7H2,1H3. The Morgan fingerprint density at radius 1 is 1.40 bits per heavy atom. The first-order valence-corrected chi connectivity index (χ1v) is 4.84. The highest BCUT2D eigenvalue weighted by atomic mass is 19.1. The monoisotopic (exact) mass is 207 g/mol. The van der Waals surface area contributed by atoms with Crippen molar-refractivity contribution < 1.29 is 9.18 Å². The van der Waals surface area contributed by atoms with E-state index in [2.05, 4.69) is 5.32 Å². The van der Waals surface area contributed by atoms with Crippen LogP contribution in [0.2, 0.25) is 0 Å². The van der Waals surface area contributed by atoms with Crippen LogP contribution in [0.25, 0.3) is 6.08 Å². The number of carbonyl (C=O) groups is 1. The van der Waals surface area contributed by atoms with E-state index in [9.17, 15) is 9.18 Å². The summed E-state index contributed by atoms with van der Waals surface area (Å²) in [7, 11) is 1.88. The Hall–Kier alpha value is -1.48. The molecule has 0 spiro atoms. The van der Waals surface area contributed by atoms with Gasteiger partial charge in [0, 0.05) is 5.56 Å². The van der Waals surface area contributed by atoms with Crippen molar-refractivity contribution in [2.45, 2.75) is 6.42 Å². The molecule has 0 atom stereocenters. The fourth-order valence-electron chi connectivity index (χ4n) is 1.24. The highest BCUT2D eigenvalue weighted by molar-refractivity contribution is 5.81. The second kappa shape index (κ2) is 6.09. The second-order valence-corrected chi connectivity index (χ2v) is 3.19. The van der Waals surface area contributed by atoms with Crippen LogP contribution in [0, 0.1) is 5.82 Å². The molecule has 0 aliphatic carbocycles. The topological polar surface area (TPSA) is 29.1 Å². The molecule has 80 valence electrons. The van der Waals surface area contributed by atoms with Crippen molar-refractivity contribution in [1.82, 2.24) is 5.32 Å². The first kappa shape index (κ1) is 11.6. The molecule has 0 aliphatic rings. The summed E-state index contributed by atoms with van der Waals surface area (Å²) >= 11 is 0. The van der Waals surface area contributed by atoms with Gasteiger partial charge in [-0.15, -0.1) is 0 Å². The molecule has 0 saturated heterocycles. The van der Waals surface area contributed by atoms with Crippen molar-refractivity contribution in [2.24, 2.45) is 0 Å². The molecule has 3 heteroatoms. The van der Waals surface area contributed by atoms with E-state index < -0.39 is 0 Å². The third-order valence-corrected chi connectivity index (χ3v) is 2.03. The molecule has 0 aliphatic heterocycles. The third kappa shape index (κ3) is 3.64. The molecule has 0 aromatic heterocycles. The van der Waals surface area contributed by atoms with E-state index in [1.807, 2.05) is 19.2 Å². The molecule has 0 saturated carbocycles. The highest BCUT2D eigenvalue weighted by Crippen LogP contribution is 2.11. The third-order valence-electron chi connectivity index (χ3n) is 2.03. The van der Waals surface area contributed by atoms with Crippen LogP contribution in [0.1, 0.15) is 22.3 Å². The average Bonchev–Trinajstić information content (AvgIpc) is 2.26. The normalized spacial score (nSPS) is 10.8. The van der Waals surface area contributed by atoms with E-state index in [0.29, 0.717) is 11.8 Å². The summed E-state index contributed by atoms with van der Waals surface area (Å²) in [6.07, 6.45) is 5.34. The minimum absolute atomic E-state index is 0.385. The van der Waals surface area contributed by atoms with Crippen molar-refractivity contribution in [3.05, 3.63) is 41.2 Å². The lowest BCUT2D eigenvalue weighted by Gasteiger charge is -1.98. The van der Waals surface area contributed by atoms with Crippen LogP contribution in [-0.2, 0) is 0 Å². The Labute approximate surface area is 88.8 Å². The number of hydrogen-bond donors (Lipinski definition) is 1. The lowest BCUT2D eigenvalue weighted by atomic mass is 10.1. The molecule has 15 heavy (non-hydrogen) atoms. The van der Waals surface area contributed by atoms with Crippen LogP contribution in [0.3, 0.4) is 0 Å². The number of benzene rings is 1. The lowest BCUT2D eigenvalue weighted by molar-refractivity contribution is 0.112. The summed E-state index contributed by atoms with van der Waals surface area (Å²) < 4.78 is 12.8. The zero-order valence-electron chi connectivity index (χ0n) is 8.66. The van der Waals surface area contributed by atoms with E-state index in [1.54, 1.807) is 6.07 Å². The summed E-state index contributed by atoms with van der Waals surface area (Å²) in [6.45, 7) is 0.883. The van der Waals surface area contributed by atoms with Crippen LogP contribution in [0.4, 0.5) is 4.39 Å². The number of aldehydes is 1. The summed E-state index contributed by atoms with van der Waals surface area (Å²) in [5, 5.41) is 3.01. The van der Waals surface area contributed by atoms with Gasteiger partial charge in [-0.05, 0) is 37.7 Å². The molecule has 1 aromatic carbocycles. The minimum atomic E-state index is -0.385. The van der Waals surface area contributed by atoms with Gasteiger partial charge in [-0.2, -0.15) is 0 Å². The van der Waals surface area contributed by atoms with E-state index in [1.165, 1.54) is 12.1 Å². The Bertz CT molecular complexity index is 361. The number of nitrogens with one attached hydrogen (secondary N) is 1. The van der Waals surface area contributed by atoms with Gasteiger partial charge >= 0.3 is 0 Å². The quantitative estimate of drug-likeness (QED) is 0.592. The van der Waals surface area contributed by atoms with Gasteiger partial charge in [0.05, 0.1) is 0 Å². The van der Waals surface area contributed by atoms with Crippen LogP contribution < -0.4 is 5.32 Å². The van der Waals surface area contributed by atoms with E-state index in [0.717, 1.165) is 18.5 Å². The molecular formula is C12H14FNO. The lowest BCUT2D eigenvalue weighted by Crippen LogP contribution is -2.05. The average molecular weight is 207 g/mol. The van der Waals surface area contributed by atoms with Crippen LogP contribution in [0.5, 0.6) is 0 Å².